The molecule has 1 saturated carbocycles. The molecule has 3 aromatic rings. The number of amides is 2. The van der Waals surface area contributed by atoms with Crippen LogP contribution in [0.5, 0.6) is 5.75 Å². The first-order valence-electron chi connectivity index (χ1n) is 12.6. The van der Waals surface area contributed by atoms with Crippen LogP contribution in [0, 0.1) is 0 Å². The number of nitrogens with zero attached hydrogens (tertiary/aromatic N) is 2. The van der Waals surface area contributed by atoms with E-state index >= 15 is 0 Å². The van der Waals surface area contributed by atoms with E-state index in [1.165, 1.54) is 12.8 Å². The molecule has 1 aromatic heterocycles. The number of ether oxygens (including phenoxy) is 1. The first-order valence-corrected chi connectivity index (χ1v) is 12.6. The third kappa shape index (κ3) is 5.56. The molecule has 2 aliphatic rings. The molecule has 182 valence electrons. The van der Waals surface area contributed by atoms with E-state index in [0.717, 1.165) is 42.6 Å². The average molecular weight is 473 g/mol. The largest absolute Gasteiger partial charge is 0.490 e. The highest BCUT2D eigenvalue weighted by atomic mass is 16.5. The smallest absolute Gasteiger partial charge is 0.272 e. The highest BCUT2D eigenvalue weighted by molar-refractivity contribution is 5.97. The van der Waals surface area contributed by atoms with Gasteiger partial charge in [0.15, 0.2) is 0 Å². The maximum atomic E-state index is 13.8. The predicted molar refractivity (Wildman–Crippen MR) is 134 cm³/mol. The van der Waals surface area contributed by atoms with E-state index in [1.54, 1.807) is 11.0 Å². The van der Waals surface area contributed by atoms with Crippen molar-refractivity contribution in [2.75, 3.05) is 6.54 Å². The summed E-state index contributed by atoms with van der Waals surface area (Å²) in [5, 5.41) is 10.2. The van der Waals surface area contributed by atoms with Crippen LogP contribution in [0.15, 0.2) is 60.7 Å². The molecule has 5 rings (SSSR count). The molecule has 0 unspecified atom stereocenters. The number of rotatable bonds is 7. The minimum atomic E-state index is -0.534. The lowest BCUT2D eigenvalue weighted by Crippen LogP contribution is -2.48. The van der Waals surface area contributed by atoms with Crippen LogP contribution in [0.2, 0.25) is 0 Å². The van der Waals surface area contributed by atoms with Crippen LogP contribution in [0.1, 0.15) is 61.0 Å². The molecule has 1 aliphatic carbocycles. The number of benzene rings is 2. The predicted octanol–water partition coefficient (Wildman–Crippen LogP) is 4.71. The van der Waals surface area contributed by atoms with Gasteiger partial charge in [-0.05, 0) is 68.7 Å². The minimum Gasteiger partial charge on any atom is -0.490 e. The molecule has 2 aromatic carbocycles. The molecule has 2 N–H and O–H groups in total. The number of nitrogens with one attached hydrogen (secondary N) is 2. The lowest BCUT2D eigenvalue weighted by atomic mass is 10.1. The molecule has 2 amide bonds. The molecule has 0 spiro atoms. The molecule has 0 radical (unpaired) electrons. The second-order valence-corrected chi connectivity index (χ2v) is 9.44. The summed E-state index contributed by atoms with van der Waals surface area (Å²) >= 11 is 0. The Balaban J connectivity index is 1.41. The molecule has 1 aliphatic heterocycles. The summed E-state index contributed by atoms with van der Waals surface area (Å²) in [5.74, 6) is 0.487. The number of H-pyrrole nitrogens is 1. The quantitative estimate of drug-likeness (QED) is 0.521. The molecular formula is C28H32N4O3. The van der Waals surface area contributed by atoms with Gasteiger partial charge in [-0.2, -0.15) is 5.10 Å². The van der Waals surface area contributed by atoms with Gasteiger partial charge in [-0.3, -0.25) is 14.7 Å². The van der Waals surface area contributed by atoms with Crippen molar-refractivity contribution in [1.29, 1.82) is 0 Å². The Labute approximate surface area is 205 Å². The maximum absolute atomic E-state index is 13.8. The van der Waals surface area contributed by atoms with Gasteiger partial charge in [0.05, 0.1) is 11.8 Å². The van der Waals surface area contributed by atoms with Gasteiger partial charge in [0, 0.05) is 18.7 Å². The van der Waals surface area contributed by atoms with Crippen molar-refractivity contribution < 1.29 is 14.3 Å². The van der Waals surface area contributed by atoms with E-state index < -0.39 is 6.04 Å². The molecule has 7 heteroatoms. The van der Waals surface area contributed by atoms with E-state index in [9.17, 15) is 9.59 Å². The topological polar surface area (TPSA) is 87.3 Å². The average Bonchev–Trinajstić information content (AvgIpc) is 3.54. The van der Waals surface area contributed by atoms with E-state index in [4.69, 9.17) is 4.74 Å². The Kier molecular flexibility index (Phi) is 7.12. The first-order chi connectivity index (χ1) is 17.2. The van der Waals surface area contributed by atoms with Crippen LogP contribution in [-0.4, -0.2) is 45.6 Å². The van der Waals surface area contributed by atoms with Crippen molar-refractivity contribution in [2.45, 2.75) is 63.6 Å². The number of carbonyl (C=O) groups is 2. The van der Waals surface area contributed by atoms with Crippen molar-refractivity contribution in [3.05, 3.63) is 71.9 Å². The van der Waals surface area contributed by atoms with Crippen LogP contribution in [0.25, 0.3) is 11.3 Å². The van der Waals surface area contributed by atoms with Gasteiger partial charge in [0.25, 0.3) is 5.91 Å². The van der Waals surface area contributed by atoms with E-state index in [-0.39, 0.29) is 17.9 Å². The molecule has 0 bridgehead atoms. The van der Waals surface area contributed by atoms with Crippen molar-refractivity contribution in [3.63, 3.8) is 0 Å². The monoisotopic (exact) mass is 472 g/mol. The zero-order valence-corrected chi connectivity index (χ0v) is 19.9. The molecule has 1 atom stereocenters. The minimum absolute atomic E-state index is 0.1000. The van der Waals surface area contributed by atoms with Gasteiger partial charge in [-0.15, -0.1) is 0 Å². The van der Waals surface area contributed by atoms with Crippen LogP contribution in [-0.2, 0) is 11.3 Å². The second-order valence-electron chi connectivity index (χ2n) is 9.44. The van der Waals surface area contributed by atoms with Gasteiger partial charge in [0.2, 0.25) is 5.91 Å². The fraction of sp³-hybridized carbons (Fsp3) is 0.393. The van der Waals surface area contributed by atoms with Gasteiger partial charge >= 0.3 is 0 Å². The van der Waals surface area contributed by atoms with E-state index in [0.29, 0.717) is 30.9 Å². The van der Waals surface area contributed by atoms with Gasteiger partial charge in [0.1, 0.15) is 17.5 Å². The summed E-state index contributed by atoms with van der Waals surface area (Å²) in [4.78, 5) is 28.4. The Hall–Kier alpha value is -3.61. The van der Waals surface area contributed by atoms with Crippen LogP contribution in [0.4, 0.5) is 0 Å². The number of hydrogen-bond donors (Lipinski definition) is 2. The zero-order valence-electron chi connectivity index (χ0n) is 19.9. The Morgan fingerprint density at radius 3 is 2.60 bits per heavy atom. The first kappa shape index (κ1) is 23.1. The third-order valence-corrected chi connectivity index (χ3v) is 6.88. The van der Waals surface area contributed by atoms with Crippen molar-refractivity contribution in [3.8, 4) is 17.0 Å². The second kappa shape index (κ2) is 10.8. The van der Waals surface area contributed by atoms with E-state index in [2.05, 4.69) is 15.5 Å². The molecule has 35 heavy (non-hydrogen) atoms. The lowest BCUT2D eigenvalue weighted by molar-refractivity contribution is -0.125. The number of aromatic nitrogens is 2. The van der Waals surface area contributed by atoms with Crippen LogP contribution < -0.4 is 10.1 Å². The summed E-state index contributed by atoms with van der Waals surface area (Å²) in [6.45, 7) is 0.961. The van der Waals surface area contributed by atoms with Crippen molar-refractivity contribution >= 4 is 11.8 Å². The number of carbonyl (C=O) groups excluding carboxylic acids is 2. The summed E-state index contributed by atoms with van der Waals surface area (Å²) in [7, 11) is 0. The summed E-state index contributed by atoms with van der Waals surface area (Å²) in [5.41, 5.74) is 2.94. The molecule has 7 nitrogen and oxygen atoms in total. The highest BCUT2D eigenvalue weighted by Gasteiger charge is 2.32. The maximum Gasteiger partial charge on any atom is 0.272 e. The number of hydrogen-bond acceptors (Lipinski definition) is 4. The van der Waals surface area contributed by atoms with E-state index in [1.807, 2.05) is 54.6 Å². The van der Waals surface area contributed by atoms with Gasteiger partial charge in [-0.25, -0.2) is 0 Å². The fourth-order valence-corrected chi connectivity index (χ4v) is 5.00. The third-order valence-electron chi connectivity index (χ3n) is 6.88. The standard InChI is InChI=1S/C28H32N4O3/c33-27-26(15-6-7-16-29-27)32(19-20-9-8-14-23(17-20)35-22-12-4-5-13-22)28(34)25-18-24(30-31-25)21-10-2-1-3-11-21/h1-3,8-11,14,17-18,22,26H,4-7,12-13,15-16,19H2,(H,29,33)(H,30,31)/t26-/m0/s1. The fourth-order valence-electron chi connectivity index (χ4n) is 5.00. The van der Waals surface area contributed by atoms with Crippen LogP contribution in [0.3, 0.4) is 0 Å². The molecule has 2 heterocycles. The van der Waals surface area contributed by atoms with Gasteiger partial charge in [-0.1, -0.05) is 42.5 Å². The Morgan fingerprint density at radius 1 is 0.971 bits per heavy atom. The Morgan fingerprint density at radius 2 is 1.77 bits per heavy atom. The van der Waals surface area contributed by atoms with Crippen LogP contribution >= 0.6 is 0 Å². The van der Waals surface area contributed by atoms with Crippen molar-refractivity contribution in [1.82, 2.24) is 20.4 Å². The molecular weight excluding hydrogens is 440 g/mol. The SMILES string of the molecule is O=C1NCCCC[C@@H]1N(Cc1cccc(OC2CCCC2)c1)C(=O)c1cc(-c2ccccc2)n[nH]1. The van der Waals surface area contributed by atoms with Crippen molar-refractivity contribution in [2.24, 2.45) is 0 Å². The lowest BCUT2D eigenvalue weighted by Gasteiger charge is -2.30. The number of aromatic amines is 1. The zero-order chi connectivity index (χ0) is 24.0. The summed E-state index contributed by atoms with van der Waals surface area (Å²) in [6, 6.07) is 18.9. The summed E-state index contributed by atoms with van der Waals surface area (Å²) in [6.07, 6.45) is 7.28. The highest BCUT2D eigenvalue weighted by Crippen LogP contribution is 2.26. The molecule has 2 fully saturated rings. The normalized spacial score (nSPS) is 18.6. The summed E-state index contributed by atoms with van der Waals surface area (Å²) < 4.78 is 6.18. The van der Waals surface area contributed by atoms with Gasteiger partial charge < -0.3 is 15.0 Å². The molecule has 1 saturated heterocycles. The Bertz CT molecular complexity index is 1150.